The maximum atomic E-state index is 12.9. The first-order valence-corrected chi connectivity index (χ1v) is 6.43. The zero-order valence-corrected chi connectivity index (χ0v) is 11.3. The molecule has 0 aromatic heterocycles. The molecular formula is C13H16ClF4N. The molecule has 108 valence electrons. The summed E-state index contributed by atoms with van der Waals surface area (Å²) in [7, 11) is 0. The highest BCUT2D eigenvalue weighted by Crippen LogP contribution is 2.25. The lowest BCUT2D eigenvalue weighted by molar-refractivity contribution is -0.136. The fraction of sp³-hybridized carbons (Fsp3) is 0.538. The second-order valence-corrected chi connectivity index (χ2v) is 4.76. The Morgan fingerprint density at radius 2 is 2.00 bits per heavy atom. The number of benzene rings is 1. The van der Waals surface area contributed by atoms with E-state index >= 15 is 0 Å². The van der Waals surface area contributed by atoms with Crippen LogP contribution < -0.4 is 5.32 Å². The Morgan fingerprint density at radius 1 is 1.32 bits per heavy atom. The molecule has 1 nitrogen and oxygen atoms in total. The number of likely N-dealkylation sites (N-methyl/N-ethyl adjacent to an activating group) is 1. The summed E-state index contributed by atoms with van der Waals surface area (Å²) in [6.45, 7) is 2.40. The fourth-order valence-corrected chi connectivity index (χ4v) is 2.10. The normalized spacial score (nSPS) is 13.6. The second-order valence-electron chi connectivity index (χ2n) is 4.35. The van der Waals surface area contributed by atoms with E-state index in [0.29, 0.717) is 18.5 Å². The summed E-state index contributed by atoms with van der Waals surface area (Å²) < 4.78 is 49.6. The summed E-state index contributed by atoms with van der Waals surface area (Å²) in [5.41, 5.74) is 0.649. The molecule has 6 heteroatoms. The predicted molar refractivity (Wildman–Crippen MR) is 67.9 cm³/mol. The van der Waals surface area contributed by atoms with Crippen molar-refractivity contribution in [1.82, 2.24) is 5.32 Å². The number of alkyl halides is 3. The SMILES string of the molecule is CCNC(CCC(F)(F)F)Cc1ccc(F)cc1Cl. The van der Waals surface area contributed by atoms with E-state index in [4.69, 9.17) is 11.6 Å². The van der Waals surface area contributed by atoms with Gasteiger partial charge in [-0.2, -0.15) is 13.2 Å². The van der Waals surface area contributed by atoms with E-state index in [2.05, 4.69) is 5.32 Å². The molecule has 0 saturated carbocycles. The maximum Gasteiger partial charge on any atom is 0.389 e. The van der Waals surface area contributed by atoms with Gasteiger partial charge in [-0.05, 0) is 37.1 Å². The van der Waals surface area contributed by atoms with Crippen LogP contribution in [0, 0.1) is 5.82 Å². The van der Waals surface area contributed by atoms with Crippen LogP contribution in [0.1, 0.15) is 25.3 Å². The first kappa shape index (κ1) is 16.2. The Morgan fingerprint density at radius 3 is 2.53 bits per heavy atom. The smallest absolute Gasteiger partial charge is 0.314 e. The summed E-state index contributed by atoms with van der Waals surface area (Å²) in [5, 5.41) is 3.24. The van der Waals surface area contributed by atoms with Gasteiger partial charge in [-0.3, -0.25) is 0 Å². The molecular weight excluding hydrogens is 282 g/mol. The largest absolute Gasteiger partial charge is 0.389 e. The van der Waals surface area contributed by atoms with Crippen molar-refractivity contribution in [2.45, 2.75) is 38.4 Å². The van der Waals surface area contributed by atoms with Crippen molar-refractivity contribution in [1.29, 1.82) is 0 Å². The molecule has 1 unspecified atom stereocenters. The van der Waals surface area contributed by atoms with Crippen molar-refractivity contribution in [3.63, 3.8) is 0 Å². The molecule has 0 amide bonds. The highest BCUT2D eigenvalue weighted by Gasteiger charge is 2.28. The van der Waals surface area contributed by atoms with Crippen LogP contribution in [0.2, 0.25) is 5.02 Å². The lowest BCUT2D eigenvalue weighted by atomic mass is 10.0. The first-order valence-electron chi connectivity index (χ1n) is 6.06. The lowest BCUT2D eigenvalue weighted by Gasteiger charge is -2.19. The maximum absolute atomic E-state index is 12.9. The van der Waals surface area contributed by atoms with Crippen LogP contribution in [0.3, 0.4) is 0 Å². The quantitative estimate of drug-likeness (QED) is 0.770. The van der Waals surface area contributed by atoms with Crippen molar-refractivity contribution in [3.05, 3.63) is 34.6 Å². The van der Waals surface area contributed by atoms with Gasteiger partial charge in [0.2, 0.25) is 0 Å². The lowest BCUT2D eigenvalue weighted by Crippen LogP contribution is -2.32. The number of rotatable bonds is 6. The minimum absolute atomic E-state index is 0.0228. The molecule has 0 heterocycles. The number of hydrogen-bond acceptors (Lipinski definition) is 1. The Labute approximate surface area is 115 Å². The molecule has 0 aliphatic heterocycles. The molecule has 0 aliphatic rings. The monoisotopic (exact) mass is 297 g/mol. The van der Waals surface area contributed by atoms with Gasteiger partial charge in [0.15, 0.2) is 0 Å². The molecule has 0 bridgehead atoms. The molecule has 0 aliphatic carbocycles. The zero-order chi connectivity index (χ0) is 14.5. The van der Waals surface area contributed by atoms with E-state index in [1.807, 2.05) is 6.92 Å². The van der Waals surface area contributed by atoms with Gasteiger partial charge in [-0.15, -0.1) is 0 Å². The third-order valence-electron chi connectivity index (χ3n) is 2.75. The molecule has 0 radical (unpaired) electrons. The van der Waals surface area contributed by atoms with Crippen molar-refractivity contribution in [2.24, 2.45) is 0 Å². The Balaban J connectivity index is 2.67. The molecule has 1 atom stereocenters. The van der Waals surface area contributed by atoms with Crippen LogP contribution in [0.15, 0.2) is 18.2 Å². The summed E-state index contributed by atoms with van der Waals surface area (Å²) in [5.74, 6) is -0.455. The van der Waals surface area contributed by atoms with Crippen molar-refractivity contribution in [3.8, 4) is 0 Å². The van der Waals surface area contributed by atoms with E-state index in [1.165, 1.54) is 18.2 Å². The van der Waals surface area contributed by atoms with Crippen LogP contribution >= 0.6 is 11.6 Å². The molecule has 0 spiro atoms. The van der Waals surface area contributed by atoms with E-state index in [9.17, 15) is 17.6 Å². The van der Waals surface area contributed by atoms with E-state index in [0.717, 1.165) is 0 Å². The van der Waals surface area contributed by atoms with Gasteiger partial charge >= 0.3 is 6.18 Å². The molecule has 0 fully saturated rings. The molecule has 1 aromatic carbocycles. The van der Waals surface area contributed by atoms with Gasteiger partial charge < -0.3 is 5.32 Å². The highest BCUT2D eigenvalue weighted by molar-refractivity contribution is 6.31. The summed E-state index contributed by atoms with van der Waals surface area (Å²) in [6.07, 6.45) is -4.68. The Hall–Kier alpha value is -0.810. The van der Waals surface area contributed by atoms with Crippen molar-refractivity contribution < 1.29 is 17.6 Å². The number of hydrogen-bond donors (Lipinski definition) is 1. The Kier molecular flexibility index (Phi) is 6.07. The molecule has 1 N–H and O–H groups in total. The van der Waals surface area contributed by atoms with Gasteiger partial charge in [0, 0.05) is 17.5 Å². The van der Waals surface area contributed by atoms with Gasteiger partial charge in [0.1, 0.15) is 5.82 Å². The van der Waals surface area contributed by atoms with E-state index < -0.39 is 18.4 Å². The minimum atomic E-state index is -4.17. The third-order valence-corrected chi connectivity index (χ3v) is 3.10. The van der Waals surface area contributed by atoms with Gasteiger partial charge in [0.25, 0.3) is 0 Å². The van der Waals surface area contributed by atoms with Gasteiger partial charge in [-0.25, -0.2) is 4.39 Å². The molecule has 0 saturated heterocycles. The van der Waals surface area contributed by atoms with Gasteiger partial charge in [-0.1, -0.05) is 24.6 Å². The van der Waals surface area contributed by atoms with E-state index in [1.54, 1.807) is 0 Å². The average Bonchev–Trinajstić information content (AvgIpc) is 2.28. The van der Waals surface area contributed by atoms with Crippen LogP contribution in [-0.2, 0) is 6.42 Å². The van der Waals surface area contributed by atoms with Crippen molar-refractivity contribution >= 4 is 11.6 Å². The second kappa shape index (κ2) is 7.10. The highest BCUT2D eigenvalue weighted by atomic mass is 35.5. The molecule has 19 heavy (non-hydrogen) atoms. The minimum Gasteiger partial charge on any atom is -0.314 e. The first-order chi connectivity index (χ1) is 8.81. The van der Waals surface area contributed by atoms with Gasteiger partial charge in [0.05, 0.1) is 0 Å². The zero-order valence-electron chi connectivity index (χ0n) is 10.5. The summed E-state index contributed by atoms with van der Waals surface area (Å²) in [6, 6.07) is 3.61. The van der Waals surface area contributed by atoms with E-state index in [-0.39, 0.29) is 17.5 Å². The Bertz CT molecular complexity index is 406. The van der Waals surface area contributed by atoms with Crippen LogP contribution in [-0.4, -0.2) is 18.8 Å². The summed E-state index contributed by atoms with van der Waals surface area (Å²) in [4.78, 5) is 0. The third kappa shape index (κ3) is 6.25. The van der Waals surface area contributed by atoms with Crippen molar-refractivity contribution in [2.75, 3.05) is 6.54 Å². The van der Waals surface area contributed by atoms with Crippen LogP contribution in [0.5, 0.6) is 0 Å². The standard InChI is InChI=1S/C13H16ClF4N/c1-2-19-11(5-6-13(16,17)18)7-9-3-4-10(15)8-12(9)14/h3-4,8,11,19H,2,5-7H2,1H3. The van der Waals surface area contributed by atoms with Crippen LogP contribution in [0.25, 0.3) is 0 Å². The molecule has 1 aromatic rings. The predicted octanol–water partition coefficient (Wildman–Crippen LogP) is 4.34. The van der Waals surface area contributed by atoms with Crippen LogP contribution in [0.4, 0.5) is 17.6 Å². The molecule has 1 rings (SSSR count). The number of nitrogens with one attached hydrogen (secondary N) is 1. The number of halogens is 5. The fourth-order valence-electron chi connectivity index (χ4n) is 1.86. The summed E-state index contributed by atoms with van der Waals surface area (Å²) >= 11 is 5.87. The average molecular weight is 298 g/mol. The topological polar surface area (TPSA) is 12.0 Å².